The molecule has 1 aromatic carbocycles. The Morgan fingerprint density at radius 1 is 1.41 bits per heavy atom. The van der Waals surface area contributed by atoms with Gasteiger partial charge in [-0.3, -0.25) is 0 Å². The number of hydrogen-bond donors (Lipinski definition) is 1. The lowest BCUT2D eigenvalue weighted by atomic mass is 9.93. The third kappa shape index (κ3) is 2.98. The molecule has 1 saturated carbocycles. The molecule has 0 heterocycles. The van der Waals surface area contributed by atoms with Crippen LogP contribution in [0.5, 0.6) is 5.75 Å². The van der Waals surface area contributed by atoms with E-state index in [1.807, 2.05) is 25.1 Å². The first-order valence-corrected chi connectivity index (χ1v) is 6.12. The van der Waals surface area contributed by atoms with E-state index in [0.29, 0.717) is 5.56 Å². The number of hydrogen-bond acceptors (Lipinski definition) is 3. The van der Waals surface area contributed by atoms with Crippen molar-refractivity contribution in [1.29, 1.82) is 5.26 Å². The van der Waals surface area contributed by atoms with Gasteiger partial charge in [0.2, 0.25) is 0 Å². The van der Waals surface area contributed by atoms with E-state index >= 15 is 0 Å². The van der Waals surface area contributed by atoms with Gasteiger partial charge in [-0.15, -0.1) is 0 Å². The van der Waals surface area contributed by atoms with Crippen LogP contribution in [0, 0.1) is 18.3 Å². The maximum atomic E-state index is 8.86. The van der Waals surface area contributed by atoms with Crippen LogP contribution < -0.4 is 10.5 Å². The van der Waals surface area contributed by atoms with Gasteiger partial charge in [-0.05, 0) is 56.4 Å². The zero-order valence-electron chi connectivity index (χ0n) is 10.1. The normalized spacial score (nSPS) is 24.1. The van der Waals surface area contributed by atoms with Gasteiger partial charge in [-0.1, -0.05) is 0 Å². The Morgan fingerprint density at radius 2 is 2.24 bits per heavy atom. The summed E-state index contributed by atoms with van der Waals surface area (Å²) in [6.07, 6.45) is 4.48. The van der Waals surface area contributed by atoms with Crippen molar-refractivity contribution >= 4 is 0 Å². The summed E-state index contributed by atoms with van der Waals surface area (Å²) in [6.45, 7) is 1.93. The van der Waals surface area contributed by atoms with E-state index in [1.165, 1.54) is 0 Å². The molecule has 1 fully saturated rings. The maximum Gasteiger partial charge on any atom is 0.120 e. The van der Waals surface area contributed by atoms with Gasteiger partial charge in [0.15, 0.2) is 0 Å². The van der Waals surface area contributed by atoms with Crippen LogP contribution >= 0.6 is 0 Å². The summed E-state index contributed by atoms with van der Waals surface area (Å²) in [4.78, 5) is 0. The van der Waals surface area contributed by atoms with Crippen LogP contribution in [0.1, 0.15) is 36.8 Å². The monoisotopic (exact) mass is 230 g/mol. The van der Waals surface area contributed by atoms with Crippen LogP contribution in [-0.2, 0) is 0 Å². The summed E-state index contributed by atoms with van der Waals surface area (Å²) in [5.41, 5.74) is 7.60. The first kappa shape index (κ1) is 11.9. The van der Waals surface area contributed by atoms with Crippen molar-refractivity contribution in [2.45, 2.75) is 44.8 Å². The van der Waals surface area contributed by atoms with Crippen molar-refractivity contribution in [2.24, 2.45) is 5.73 Å². The number of benzene rings is 1. The van der Waals surface area contributed by atoms with Gasteiger partial charge in [0, 0.05) is 6.04 Å². The molecule has 17 heavy (non-hydrogen) atoms. The molecule has 3 nitrogen and oxygen atoms in total. The van der Waals surface area contributed by atoms with Gasteiger partial charge in [-0.2, -0.15) is 5.26 Å². The third-order valence-electron chi connectivity index (χ3n) is 3.29. The highest BCUT2D eigenvalue weighted by atomic mass is 16.5. The lowest BCUT2D eigenvalue weighted by molar-refractivity contribution is 0.144. The van der Waals surface area contributed by atoms with E-state index in [-0.39, 0.29) is 12.1 Å². The molecule has 90 valence electrons. The Labute approximate surface area is 102 Å². The van der Waals surface area contributed by atoms with Crippen molar-refractivity contribution in [2.75, 3.05) is 0 Å². The van der Waals surface area contributed by atoms with Gasteiger partial charge >= 0.3 is 0 Å². The van der Waals surface area contributed by atoms with Crippen LogP contribution in [-0.4, -0.2) is 12.1 Å². The van der Waals surface area contributed by atoms with E-state index in [0.717, 1.165) is 37.0 Å². The number of nitriles is 1. The Hall–Kier alpha value is -1.53. The van der Waals surface area contributed by atoms with Crippen molar-refractivity contribution in [3.8, 4) is 11.8 Å². The molecule has 2 unspecified atom stereocenters. The van der Waals surface area contributed by atoms with E-state index in [9.17, 15) is 0 Å². The molecular weight excluding hydrogens is 212 g/mol. The molecule has 0 spiro atoms. The molecule has 0 bridgehead atoms. The van der Waals surface area contributed by atoms with Crippen LogP contribution in [0.4, 0.5) is 0 Å². The topological polar surface area (TPSA) is 59.0 Å². The van der Waals surface area contributed by atoms with E-state index in [1.54, 1.807) is 0 Å². The lowest BCUT2D eigenvalue weighted by Gasteiger charge is -2.27. The SMILES string of the molecule is Cc1cc(OC2CCCC(N)C2)ccc1C#N. The van der Waals surface area contributed by atoms with Crippen molar-refractivity contribution in [3.63, 3.8) is 0 Å². The summed E-state index contributed by atoms with van der Waals surface area (Å²) in [5, 5.41) is 8.86. The fourth-order valence-corrected chi connectivity index (χ4v) is 2.32. The first-order chi connectivity index (χ1) is 8.19. The van der Waals surface area contributed by atoms with E-state index < -0.39 is 0 Å². The average Bonchev–Trinajstić information content (AvgIpc) is 2.29. The quantitative estimate of drug-likeness (QED) is 0.849. The molecule has 1 aliphatic carbocycles. The predicted molar refractivity (Wildman–Crippen MR) is 66.8 cm³/mol. The Bertz CT molecular complexity index is 436. The third-order valence-corrected chi connectivity index (χ3v) is 3.29. The lowest BCUT2D eigenvalue weighted by Crippen LogP contribution is -2.33. The molecule has 0 saturated heterocycles. The molecule has 0 aromatic heterocycles. The fourth-order valence-electron chi connectivity index (χ4n) is 2.32. The van der Waals surface area contributed by atoms with Gasteiger partial charge in [-0.25, -0.2) is 0 Å². The molecule has 2 atom stereocenters. The molecule has 1 aromatic rings. The van der Waals surface area contributed by atoms with Crippen molar-refractivity contribution in [3.05, 3.63) is 29.3 Å². The molecule has 0 radical (unpaired) electrons. The number of nitrogens with zero attached hydrogens (tertiary/aromatic N) is 1. The van der Waals surface area contributed by atoms with E-state index in [4.69, 9.17) is 15.7 Å². The fraction of sp³-hybridized carbons (Fsp3) is 0.500. The molecule has 1 aliphatic rings. The minimum Gasteiger partial charge on any atom is -0.490 e. The van der Waals surface area contributed by atoms with Gasteiger partial charge in [0.1, 0.15) is 11.9 Å². The minimum atomic E-state index is 0.228. The zero-order chi connectivity index (χ0) is 12.3. The average molecular weight is 230 g/mol. The van der Waals surface area contributed by atoms with Crippen LogP contribution in [0.2, 0.25) is 0 Å². The molecule has 2 rings (SSSR count). The zero-order valence-corrected chi connectivity index (χ0v) is 10.1. The smallest absolute Gasteiger partial charge is 0.120 e. The van der Waals surface area contributed by atoms with Gasteiger partial charge in [0.05, 0.1) is 11.6 Å². The molecule has 0 aliphatic heterocycles. The number of rotatable bonds is 2. The second-order valence-corrected chi connectivity index (χ2v) is 4.76. The summed E-state index contributed by atoms with van der Waals surface area (Å²) >= 11 is 0. The van der Waals surface area contributed by atoms with E-state index in [2.05, 4.69) is 6.07 Å². The first-order valence-electron chi connectivity index (χ1n) is 6.12. The van der Waals surface area contributed by atoms with Crippen molar-refractivity contribution < 1.29 is 4.74 Å². The Balaban J connectivity index is 2.04. The largest absolute Gasteiger partial charge is 0.490 e. The second-order valence-electron chi connectivity index (χ2n) is 4.76. The Morgan fingerprint density at radius 3 is 2.88 bits per heavy atom. The van der Waals surface area contributed by atoms with Crippen LogP contribution in [0.3, 0.4) is 0 Å². The van der Waals surface area contributed by atoms with Gasteiger partial charge < -0.3 is 10.5 Å². The summed E-state index contributed by atoms with van der Waals surface area (Å²) < 4.78 is 5.92. The highest BCUT2D eigenvalue weighted by Gasteiger charge is 2.20. The molecule has 3 heteroatoms. The summed E-state index contributed by atoms with van der Waals surface area (Å²) in [7, 11) is 0. The predicted octanol–water partition coefficient (Wildman–Crippen LogP) is 2.52. The van der Waals surface area contributed by atoms with Crippen molar-refractivity contribution in [1.82, 2.24) is 0 Å². The molecular formula is C14H18N2O. The number of nitrogens with two attached hydrogens (primary N) is 1. The summed E-state index contributed by atoms with van der Waals surface area (Å²) in [5.74, 6) is 0.848. The van der Waals surface area contributed by atoms with Crippen LogP contribution in [0.25, 0.3) is 0 Å². The number of ether oxygens (including phenoxy) is 1. The molecule has 0 amide bonds. The van der Waals surface area contributed by atoms with Crippen LogP contribution in [0.15, 0.2) is 18.2 Å². The number of aryl methyl sites for hydroxylation is 1. The maximum absolute atomic E-state index is 8.86. The highest BCUT2D eigenvalue weighted by molar-refractivity contribution is 5.41. The summed E-state index contributed by atoms with van der Waals surface area (Å²) in [6, 6.07) is 8.04. The Kier molecular flexibility index (Phi) is 3.65. The standard InChI is InChI=1S/C14H18N2O/c1-10-7-14(6-5-11(10)9-15)17-13-4-2-3-12(16)8-13/h5-7,12-13H,2-4,8,16H2,1H3. The minimum absolute atomic E-state index is 0.228. The van der Waals surface area contributed by atoms with Gasteiger partial charge in [0.25, 0.3) is 0 Å². The molecule has 2 N–H and O–H groups in total. The highest BCUT2D eigenvalue weighted by Crippen LogP contribution is 2.24. The second kappa shape index (κ2) is 5.20.